The second kappa shape index (κ2) is 8.03. The third-order valence-corrected chi connectivity index (χ3v) is 3.80. The average Bonchev–Trinajstić information content (AvgIpc) is 2.48. The van der Waals surface area contributed by atoms with E-state index in [0.717, 1.165) is 37.2 Å². The van der Waals surface area contributed by atoms with Crippen molar-refractivity contribution in [2.24, 2.45) is 0 Å². The van der Waals surface area contributed by atoms with Crippen molar-refractivity contribution in [3.63, 3.8) is 0 Å². The molecule has 0 spiro atoms. The van der Waals surface area contributed by atoms with Crippen LogP contribution in [0.2, 0.25) is 0 Å². The summed E-state index contributed by atoms with van der Waals surface area (Å²) in [4.78, 5) is 14.2. The number of carbonyl (C=O) groups excluding carboxylic acids is 1. The first-order valence-electron chi connectivity index (χ1n) is 8.01. The smallest absolute Gasteiger partial charge is 0.315 e. The lowest BCUT2D eigenvalue weighted by Crippen LogP contribution is -2.46. The third-order valence-electron chi connectivity index (χ3n) is 3.80. The number of hydrogen-bond acceptors (Lipinski definition) is 3. The summed E-state index contributed by atoms with van der Waals surface area (Å²) in [6, 6.07) is 8.04. The number of carbonyl (C=O) groups is 1. The SMILES string of the molecule is CC(C)Oc1ccc(CNC(=O)NC2CCN(C)CC2)cc1. The monoisotopic (exact) mass is 305 g/mol. The van der Waals surface area contributed by atoms with Crippen molar-refractivity contribution in [1.82, 2.24) is 15.5 Å². The number of nitrogens with zero attached hydrogens (tertiary/aromatic N) is 1. The van der Waals surface area contributed by atoms with Crippen LogP contribution < -0.4 is 15.4 Å². The van der Waals surface area contributed by atoms with Crippen LogP contribution in [-0.4, -0.2) is 43.2 Å². The standard InChI is InChI=1S/C17H27N3O2/c1-13(2)22-16-6-4-14(5-7-16)12-18-17(21)19-15-8-10-20(3)11-9-15/h4-7,13,15H,8-12H2,1-3H3,(H2,18,19,21). The molecular weight excluding hydrogens is 278 g/mol. The number of rotatable bonds is 5. The molecule has 1 fully saturated rings. The van der Waals surface area contributed by atoms with Crippen LogP contribution in [0.15, 0.2) is 24.3 Å². The van der Waals surface area contributed by atoms with Crippen molar-refractivity contribution in [2.75, 3.05) is 20.1 Å². The summed E-state index contributed by atoms with van der Waals surface area (Å²) in [6.07, 6.45) is 2.21. The van der Waals surface area contributed by atoms with E-state index < -0.39 is 0 Å². The van der Waals surface area contributed by atoms with Crippen LogP contribution in [0, 0.1) is 0 Å². The number of amides is 2. The zero-order chi connectivity index (χ0) is 15.9. The van der Waals surface area contributed by atoms with E-state index in [2.05, 4.69) is 22.6 Å². The van der Waals surface area contributed by atoms with Gasteiger partial charge in [0.25, 0.3) is 0 Å². The van der Waals surface area contributed by atoms with E-state index in [-0.39, 0.29) is 18.2 Å². The molecule has 1 aliphatic heterocycles. The van der Waals surface area contributed by atoms with Crippen LogP contribution in [0.3, 0.4) is 0 Å². The summed E-state index contributed by atoms with van der Waals surface area (Å²) in [7, 11) is 2.11. The Morgan fingerprint density at radius 2 is 1.91 bits per heavy atom. The summed E-state index contributed by atoms with van der Waals surface area (Å²) in [5.41, 5.74) is 1.06. The number of hydrogen-bond donors (Lipinski definition) is 2. The van der Waals surface area contributed by atoms with Gasteiger partial charge >= 0.3 is 6.03 Å². The van der Waals surface area contributed by atoms with Gasteiger partial charge < -0.3 is 20.3 Å². The minimum Gasteiger partial charge on any atom is -0.491 e. The third kappa shape index (κ3) is 5.56. The van der Waals surface area contributed by atoms with Crippen molar-refractivity contribution in [3.8, 4) is 5.75 Å². The van der Waals surface area contributed by atoms with Gasteiger partial charge in [-0.15, -0.1) is 0 Å². The van der Waals surface area contributed by atoms with Crippen molar-refractivity contribution >= 4 is 6.03 Å². The van der Waals surface area contributed by atoms with Crippen molar-refractivity contribution in [2.45, 2.75) is 45.4 Å². The van der Waals surface area contributed by atoms with E-state index in [1.807, 2.05) is 38.1 Å². The van der Waals surface area contributed by atoms with Crippen LogP contribution in [0.1, 0.15) is 32.3 Å². The number of benzene rings is 1. The fraction of sp³-hybridized carbons (Fsp3) is 0.588. The maximum atomic E-state index is 11.9. The normalized spacial score (nSPS) is 16.5. The number of nitrogens with one attached hydrogen (secondary N) is 2. The van der Waals surface area contributed by atoms with Gasteiger partial charge in [-0.1, -0.05) is 12.1 Å². The Labute approximate surface area is 133 Å². The lowest BCUT2D eigenvalue weighted by molar-refractivity contribution is 0.213. The van der Waals surface area contributed by atoms with Gasteiger partial charge in [0, 0.05) is 12.6 Å². The zero-order valence-corrected chi connectivity index (χ0v) is 13.8. The molecule has 22 heavy (non-hydrogen) atoms. The second-order valence-electron chi connectivity index (χ2n) is 6.22. The van der Waals surface area contributed by atoms with E-state index >= 15 is 0 Å². The van der Waals surface area contributed by atoms with Crippen LogP contribution in [0.5, 0.6) is 5.75 Å². The van der Waals surface area contributed by atoms with E-state index in [1.165, 1.54) is 0 Å². The Morgan fingerprint density at radius 1 is 1.27 bits per heavy atom. The molecule has 1 aromatic rings. The molecular formula is C17H27N3O2. The lowest BCUT2D eigenvalue weighted by atomic mass is 10.1. The number of piperidine rings is 1. The second-order valence-corrected chi connectivity index (χ2v) is 6.22. The van der Waals surface area contributed by atoms with E-state index in [9.17, 15) is 4.79 Å². The number of ether oxygens (including phenoxy) is 1. The maximum absolute atomic E-state index is 11.9. The zero-order valence-electron chi connectivity index (χ0n) is 13.8. The first-order chi connectivity index (χ1) is 10.5. The molecule has 0 aromatic heterocycles. The van der Waals surface area contributed by atoms with Gasteiger partial charge in [0.15, 0.2) is 0 Å². The van der Waals surface area contributed by atoms with Crippen molar-refractivity contribution in [3.05, 3.63) is 29.8 Å². The molecule has 2 amide bonds. The molecule has 0 bridgehead atoms. The Morgan fingerprint density at radius 3 is 2.50 bits per heavy atom. The molecule has 1 aromatic carbocycles. The topological polar surface area (TPSA) is 53.6 Å². The summed E-state index contributed by atoms with van der Waals surface area (Å²) in [5.74, 6) is 0.856. The van der Waals surface area contributed by atoms with Crippen LogP contribution in [0.25, 0.3) is 0 Å². The molecule has 0 aliphatic carbocycles. The Kier molecular flexibility index (Phi) is 6.07. The first-order valence-corrected chi connectivity index (χ1v) is 8.01. The fourth-order valence-corrected chi connectivity index (χ4v) is 2.53. The highest BCUT2D eigenvalue weighted by molar-refractivity contribution is 5.74. The van der Waals surface area contributed by atoms with Gasteiger partial charge in [-0.05, 0) is 64.5 Å². The molecule has 0 unspecified atom stereocenters. The highest BCUT2D eigenvalue weighted by Gasteiger charge is 2.17. The average molecular weight is 305 g/mol. The number of likely N-dealkylation sites (tertiary alicyclic amines) is 1. The van der Waals surface area contributed by atoms with Gasteiger partial charge in [-0.25, -0.2) is 4.79 Å². The van der Waals surface area contributed by atoms with Gasteiger partial charge in [-0.3, -0.25) is 0 Å². The summed E-state index contributed by atoms with van der Waals surface area (Å²) in [6.45, 7) is 6.62. The van der Waals surface area contributed by atoms with E-state index in [4.69, 9.17) is 4.74 Å². The highest BCUT2D eigenvalue weighted by Crippen LogP contribution is 2.13. The van der Waals surface area contributed by atoms with Crippen LogP contribution in [0.4, 0.5) is 4.79 Å². The Bertz CT molecular complexity index is 465. The first kappa shape index (κ1) is 16.6. The molecule has 122 valence electrons. The molecule has 1 aliphatic rings. The minimum atomic E-state index is -0.0861. The molecule has 5 heteroatoms. The molecule has 5 nitrogen and oxygen atoms in total. The molecule has 1 heterocycles. The lowest BCUT2D eigenvalue weighted by Gasteiger charge is -2.29. The van der Waals surface area contributed by atoms with E-state index in [1.54, 1.807) is 0 Å². The van der Waals surface area contributed by atoms with E-state index in [0.29, 0.717) is 6.54 Å². The highest BCUT2D eigenvalue weighted by atomic mass is 16.5. The summed E-state index contributed by atoms with van der Waals surface area (Å²) >= 11 is 0. The molecule has 2 rings (SSSR count). The molecule has 2 N–H and O–H groups in total. The van der Waals surface area contributed by atoms with Gasteiger partial charge in [-0.2, -0.15) is 0 Å². The fourth-order valence-electron chi connectivity index (χ4n) is 2.53. The Hall–Kier alpha value is -1.75. The van der Waals surface area contributed by atoms with Crippen LogP contribution >= 0.6 is 0 Å². The summed E-state index contributed by atoms with van der Waals surface area (Å²) in [5, 5.41) is 5.96. The largest absolute Gasteiger partial charge is 0.491 e. The van der Waals surface area contributed by atoms with Crippen LogP contribution in [-0.2, 0) is 6.54 Å². The van der Waals surface area contributed by atoms with Crippen molar-refractivity contribution in [1.29, 1.82) is 0 Å². The predicted octanol–water partition coefficient (Wildman–Crippen LogP) is 2.37. The van der Waals surface area contributed by atoms with Crippen molar-refractivity contribution < 1.29 is 9.53 Å². The maximum Gasteiger partial charge on any atom is 0.315 e. The quantitative estimate of drug-likeness (QED) is 0.878. The Balaban J connectivity index is 1.71. The van der Waals surface area contributed by atoms with Gasteiger partial charge in [0.05, 0.1) is 6.10 Å². The number of urea groups is 1. The predicted molar refractivity (Wildman–Crippen MR) is 88.1 cm³/mol. The molecule has 0 saturated carbocycles. The van der Waals surface area contributed by atoms with Gasteiger partial charge in [0.1, 0.15) is 5.75 Å². The minimum absolute atomic E-state index is 0.0861. The summed E-state index contributed by atoms with van der Waals surface area (Å²) < 4.78 is 5.60. The molecule has 1 saturated heterocycles. The van der Waals surface area contributed by atoms with Gasteiger partial charge in [0.2, 0.25) is 0 Å². The molecule has 0 atom stereocenters. The molecule has 0 radical (unpaired) electrons.